The van der Waals surface area contributed by atoms with Crippen molar-refractivity contribution in [3.63, 3.8) is 0 Å². The third kappa shape index (κ3) is 6.06. The highest BCUT2D eigenvalue weighted by Crippen LogP contribution is 2.24. The van der Waals surface area contributed by atoms with Gasteiger partial charge in [0, 0.05) is 31.7 Å². The summed E-state index contributed by atoms with van der Waals surface area (Å²) in [5.41, 5.74) is 0.483. The largest absolute Gasteiger partial charge is 0.483 e. The number of hydrogen-bond donors (Lipinski definition) is 2. The normalized spacial score (nSPS) is 19.3. The molecule has 2 unspecified atom stereocenters. The number of carboxylic acid groups (broad SMARTS) is 1. The summed E-state index contributed by atoms with van der Waals surface area (Å²) in [6.07, 6.45) is 0. The SMILES string of the molecule is CC1CN(C(=O)COc2ccc(S(=O)(=O)O)cc2C(=O)O)C(C)CN1Cc1ccc(F)cc1. The zero-order valence-electron chi connectivity index (χ0n) is 18.1. The lowest BCUT2D eigenvalue weighted by Crippen LogP contribution is -2.58. The Balaban J connectivity index is 1.64. The smallest absolute Gasteiger partial charge is 0.339 e. The number of aromatic carboxylic acids is 1. The van der Waals surface area contributed by atoms with Gasteiger partial charge in [-0.25, -0.2) is 9.18 Å². The maximum Gasteiger partial charge on any atom is 0.339 e. The molecular formula is C22H25FN2O7S. The first-order chi connectivity index (χ1) is 15.5. The zero-order chi connectivity index (χ0) is 24.3. The number of halogens is 1. The molecule has 0 saturated carbocycles. The maximum atomic E-state index is 13.1. The molecule has 1 fully saturated rings. The lowest BCUT2D eigenvalue weighted by molar-refractivity contribution is -0.139. The topological polar surface area (TPSA) is 124 Å². The summed E-state index contributed by atoms with van der Waals surface area (Å²) in [6, 6.07) is 9.03. The van der Waals surface area contributed by atoms with Gasteiger partial charge >= 0.3 is 5.97 Å². The van der Waals surface area contributed by atoms with Crippen molar-refractivity contribution in [2.75, 3.05) is 19.7 Å². The van der Waals surface area contributed by atoms with Gasteiger partial charge in [0.15, 0.2) is 6.61 Å². The van der Waals surface area contributed by atoms with Crippen LogP contribution in [-0.4, -0.2) is 71.5 Å². The predicted octanol–water partition coefficient (Wildman–Crippen LogP) is 2.27. The summed E-state index contributed by atoms with van der Waals surface area (Å²) in [7, 11) is -4.58. The Morgan fingerprint density at radius 2 is 1.76 bits per heavy atom. The number of nitrogens with zero attached hydrogens (tertiary/aromatic N) is 2. The Bertz CT molecular complexity index is 1140. The van der Waals surface area contributed by atoms with Crippen LogP contribution in [0.5, 0.6) is 5.75 Å². The molecule has 0 aliphatic carbocycles. The Kier molecular flexibility index (Phi) is 7.35. The van der Waals surface area contributed by atoms with Crippen LogP contribution in [0.1, 0.15) is 29.8 Å². The molecule has 2 aromatic carbocycles. The fourth-order valence-electron chi connectivity index (χ4n) is 3.78. The lowest BCUT2D eigenvalue weighted by atomic mass is 10.1. The zero-order valence-corrected chi connectivity index (χ0v) is 19.0. The predicted molar refractivity (Wildman–Crippen MR) is 116 cm³/mol. The van der Waals surface area contributed by atoms with Crippen LogP contribution in [0.3, 0.4) is 0 Å². The van der Waals surface area contributed by atoms with E-state index in [4.69, 9.17) is 9.29 Å². The van der Waals surface area contributed by atoms with E-state index >= 15 is 0 Å². The fraction of sp³-hybridized carbons (Fsp3) is 0.364. The van der Waals surface area contributed by atoms with Crippen molar-refractivity contribution in [1.29, 1.82) is 0 Å². The number of carbonyl (C=O) groups is 2. The third-order valence-corrected chi connectivity index (χ3v) is 6.41. The molecule has 1 heterocycles. The highest BCUT2D eigenvalue weighted by molar-refractivity contribution is 7.85. The van der Waals surface area contributed by atoms with Crippen LogP contribution in [0.15, 0.2) is 47.4 Å². The molecule has 3 rings (SSSR count). The van der Waals surface area contributed by atoms with Gasteiger partial charge in [-0.3, -0.25) is 14.2 Å². The molecule has 2 aromatic rings. The van der Waals surface area contributed by atoms with Crippen LogP contribution in [-0.2, 0) is 21.5 Å². The molecule has 0 aromatic heterocycles. The van der Waals surface area contributed by atoms with Gasteiger partial charge in [-0.2, -0.15) is 8.42 Å². The first kappa shape index (κ1) is 24.6. The second-order valence-electron chi connectivity index (χ2n) is 8.03. The van der Waals surface area contributed by atoms with Crippen LogP contribution in [0, 0.1) is 5.82 Å². The molecule has 178 valence electrons. The number of rotatable bonds is 7. The summed E-state index contributed by atoms with van der Waals surface area (Å²) in [5.74, 6) is -2.28. The molecule has 1 saturated heterocycles. The molecule has 1 amide bonds. The van der Waals surface area contributed by atoms with Gasteiger partial charge in [0.05, 0.1) is 4.90 Å². The number of benzene rings is 2. The third-order valence-electron chi connectivity index (χ3n) is 5.56. The highest BCUT2D eigenvalue weighted by atomic mass is 32.2. The number of carbonyl (C=O) groups excluding carboxylic acids is 1. The summed E-state index contributed by atoms with van der Waals surface area (Å²) >= 11 is 0. The van der Waals surface area contributed by atoms with Crippen molar-refractivity contribution in [1.82, 2.24) is 9.80 Å². The number of carboxylic acids is 1. The Hall–Kier alpha value is -3.02. The second-order valence-corrected chi connectivity index (χ2v) is 9.45. The first-order valence-electron chi connectivity index (χ1n) is 10.2. The van der Waals surface area contributed by atoms with E-state index in [0.717, 1.165) is 23.8 Å². The van der Waals surface area contributed by atoms with E-state index in [1.807, 2.05) is 13.8 Å². The standard InChI is InChI=1S/C22H25FN2O7S/c1-14-11-25(15(2)10-24(14)12-16-3-5-17(23)6-4-16)21(26)13-32-20-8-7-18(33(29,30)31)9-19(20)22(27)28/h3-9,14-15H,10-13H2,1-2H3,(H,27,28)(H,29,30,31). The minimum Gasteiger partial charge on any atom is -0.483 e. The van der Waals surface area contributed by atoms with Crippen LogP contribution in [0.25, 0.3) is 0 Å². The van der Waals surface area contributed by atoms with Crippen molar-refractivity contribution >= 4 is 22.0 Å². The van der Waals surface area contributed by atoms with Gasteiger partial charge < -0.3 is 14.7 Å². The highest BCUT2D eigenvalue weighted by Gasteiger charge is 2.32. The molecule has 1 aliphatic heterocycles. The summed E-state index contributed by atoms with van der Waals surface area (Å²) in [5, 5.41) is 9.33. The van der Waals surface area contributed by atoms with Gasteiger partial charge in [-0.1, -0.05) is 12.1 Å². The van der Waals surface area contributed by atoms with Crippen molar-refractivity contribution in [3.8, 4) is 5.75 Å². The van der Waals surface area contributed by atoms with Crippen molar-refractivity contribution in [2.45, 2.75) is 37.4 Å². The van der Waals surface area contributed by atoms with Gasteiger partial charge in [0.1, 0.15) is 17.1 Å². The van der Waals surface area contributed by atoms with E-state index in [1.165, 1.54) is 12.1 Å². The van der Waals surface area contributed by atoms with E-state index in [2.05, 4.69) is 4.90 Å². The minimum absolute atomic E-state index is 0.0267. The van der Waals surface area contributed by atoms with E-state index in [9.17, 15) is 27.5 Å². The van der Waals surface area contributed by atoms with Gasteiger partial charge in [0.25, 0.3) is 16.0 Å². The Morgan fingerprint density at radius 1 is 1.09 bits per heavy atom. The molecule has 1 aliphatic rings. The van der Waals surface area contributed by atoms with Gasteiger partial charge in [-0.15, -0.1) is 0 Å². The first-order valence-corrected chi connectivity index (χ1v) is 11.7. The van der Waals surface area contributed by atoms with Crippen LogP contribution in [0.4, 0.5) is 4.39 Å². The molecular weight excluding hydrogens is 455 g/mol. The molecule has 2 N–H and O–H groups in total. The Labute approximate surface area is 191 Å². The molecule has 11 heteroatoms. The summed E-state index contributed by atoms with van der Waals surface area (Å²) in [4.78, 5) is 27.5. The van der Waals surface area contributed by atoms with Crippen molar-refractivity contribution in [3.05, 3.63) is 59.4 Å². The number of piperazine rings is 1. The Morgan fingerprint density at radius 3 is 2.36 bits per heavy atom. The molecule has 9 nitrogen and oxygen atoms in total. The average Bonchev–Trinajstić information content (AvgIpc) is 2.75. The maximum absolute atomic E-state index is 13.1. The van der Waals surface area contributed by atoms with E-state index in [1.54, 1.807) is 17.0 Å². The summed E-state index contributed by atoms with van der Waals surface area (Å²) in [6.45, 7) is 5.08. The number of amides is 1. The summed E-state index contributed by atoms with van der Waals surface area (Å²) < 4.78 is 50.2. The number of ether oxygens (including phenoxy) is 1. The molecule has 0 spiro atoms. The second kappa shape index (κ2) is 9.86. The van der Waals surface area contributed by atoms with Gasteiger partial charge in [0.2, 0.25) is 0 Å². The molecule has 0 radical (unpaired) electrons. The quantitative estimate of drug-likeness (QED) is 0.579. The van der Waals surface area contributed by atoms with Crippen LogP contribution in [0.2, 0.25) is 0 Å². The van der Waals surface area contributed by atoms with Crippen LogP contribution >= 0.6 is 0 Å². The van der Waals surface area contributed by atoms with Crippen LogP contribution < -0.4 is 4.74 Å². The average molecular weight is 481 g/mol. The minimum atomic E-state index is -4.58. The molecule has 2 atom stereocenters. The fourth-order valence-corrected chi connectivity index (χ4v) is 4.28. The van der Waals surface area contributed by atoms with E-state index in [0.29, 0.717) is 19.6 Å². The monoisotopic (exact) mass is 480 g/mol. The number of hydrogen-bond acceptors (Lipinski definition) is 6. The van der Waals surface area contributed by atoms with Crippen molar-refractivity contribution in [2.24, 2.45) is 0 Å². The van der Waals surface area contributed by atoms with Gasteiger partial charge in [-0.05, 0) is 49.7 Å². The van der Waals surface area contributed by atoms with E-state index in [-0.39, 0.29) is 29.6 Å². The lowest BCUT2D eigenvalue weighted by Gasteiger charge is -2.44. The van der Waals surface area contributed by atoms with Crippen molar-refractivity contribution < 1.29 is 36.8 Å². The molecule has 0 bridgehead atoms. The van der Waals surface area contributed by atoms with E-state index < -0.39 is 33.2 Å². The molecule has 33 heavy (non-hydrogen) atoms.